The highest BCUT2D eigenvalue weighted by Gasteiger charge is 2.17. The zero-order valence-corrected chi connectivity index (χ0v) is 35.5. The summed E-state index contributed by atoms with van der Waals surface area (Å²) in [5, 5.41) is 23.0. The number of hydrogen-bond acceptors (Lipinski definition) is 3. The van der Waals surface area contributed by atoms with Gasteiger partial charge in [0.25, 0.3) is 0 Å². The monoisotopic (exact) mass is 742 g/mol. The van der Waals surface area contributed by atoms with E-state index >= 15 is 0 Å². The Morgan fingerprint density at radius 1 is 0.453 bits per heavy atom. The highest BCUT2D eigenvalue weighted by molar-refractivity contribution is 5.76. The second-order valence-electron chi connectivity index (χ2n) is 15.8. The number of aliphatic hydroxyl groups excluding tert-OH is 2. The van der Waals surface area contributed by atoms with Crippen molar-refractivity contribution in [2.24, 2.45) is 0 Å². The average molecular weight is 742 g/mol. The molecule has 4 heteroatoms. The van der Waals surface area contributed by atoms with E-state index in [4.69, 9.17) is 0 Å². The van der Waals surface area contributed by atoms with Gasteiger partial charge in [-0.25, -0.2) is 0 Å². The maximum absolute atomic E-state index is 12.3. The Morgan fingerprint density at radius 2 is 0.830 bits per heavy atom. The average Bonchev–Trinajstić information content (AvgIpc) is 3.16. The molecular weight excluding hydrogens is 651 g/mol. The first-order valence-corrected chi connectivity index (χ1v) is 23.4. The number of hydrogen-bond donors (Lipinski definition) is 3. The first-order valence-electron chi connectivity index (χ1n) is 23.4. The Hall–Kier alpha value is -1.65. The highest BCUT2D eigenvalue weighted by Crippen LogP contribution is 2.16. The fourth-order valence-corrected chi connectivity index (χ4v) is 6.94. The van der Waals surface area contributed by atoms with E-state index in [1.165, 1.54) is 167 Å². The van der Waals surface area contributed by atoms with E-state index in [1.54, 1.807) is 6.08 Å². The Labute approximate surface area is 331 Å². The molecule has 0 aromatic carbocycles. The van der Waals surface area contributed by atoms with Crippen LogP contribution in [0.1, 0.15) is 239 Å². The van der Waals surface area contributed by atoms with E-state index in [0.717, 1.165) is 51.4 Å². The number of amides is 1. The van der Waals surface area contributed by atoms with Crippen LogP contribution in [0.2, 0.25) is 0 Å². The number of unbranched alkanes of at least 4 members (excludes halogenated alkanes) is 29. The normalized spacial score (nSPS) is 13.4. The third-order valence-corrected chi connectivity index (χ3v) is 10.5. The molecule has 0 spiro atoms. The molecule has 0 aliphatic heterocycles. The molecular formula is C49H91NO3. The summed E-state index contributed by atoms with van der Waals surface area (Å²) in [6, 6.07) is -0.646. The Morgan fingerprint density at radius 3 is 1.28 bits per heavy atom. The SMILES string of the molecule is CCC/C=C\C/C=C\CCCCCCCC(=O)NC(CO)C(O)/C=C/CC/C=C/CCCCCCCCCCCCCCCCCCCCCCCC. The van der Waals surface area contributed by atoms with E-state index < -0.39 is 12.1 Å². The van der Waals surface area contributed by atoms with Gasteiger partial charge < -0.3 is 15.5 Å². The summed E-state index contributed by atoms with van der Waals surface area (Å²) in [4.78, 5) is 12.3. The second-order valence-corrected chi connectivity index (χ2v) is 15.8. The molecule has 0 radical (unpaired) electrons. The van der Waals surface area contributed by atoms with Crippen LogP contribution in [-0.2, 0) is 4.79 Å². The molecule has 0 heterocycles. The van der Waals surface area contributed by atoms with E-state index in [9.17, 15) is 15.0 Å². The fraction of sp³-hybridized carbons (Fsp3) is 0.816. The minimum Gasteiger partial charge on any atom is -0.394 e. The molecule has 0 saturated carbocycles. The zero-order valence-electron chi connectivity index (χ0n) is 35.5. The summed E-state index contributed by atoms with van der Waals surface area (Å²) >= 11 is 0. The first-order chi connectivity index (χ1) is 26.2. The second kappa shape index (κ2) is 44.7. The molecule has 0 fully saturated rings. The summed E-state index contributed by atoms with van der Waals surface area (Å²) in [5.41, 5.74) is 0. The van der Waals surface area contributed by atoms with Gasteiger partial charge in [-0.3, -0.25) is 4.79 Å². The maximum atomic E-state index is 12.3. The quantitative estimate of drug-likeness (QED) is 0.0431. The van der Waals surface area contributed by atoms with Crippen molar-refractivity contribution in [3.05, 3.63) is 48.6 Å². The van der Waals surface area contributed by atoms with Gasteiger partial charge in [-0.1, -0.05) is 223 Å². The minimum absolute atomic E-state index is 0.0890. The van der Waals surface area contributed by atoms with Gasteiger partial charge in [0.1, 0.15) is 0 Å². The molecule has 0 aromatic heterocycles. The van der Waals surface area contributed by atoms with Gasteiger partial charge >= 0.3 is 0 Å². The standard InChI is InChI=1S/C49H91NO3/c1-3-5-7-9-11-13-15-17-18-19-20-21-22-23-24-25-26-27-28-29-30-31-33-34-36-38-40-42-44-48(52)47(46-51)50-49(53)45-43-41-39-37-35-32-16-14-12-10-8-6-4-2/h8,10,14,16,34,36,42,44,47-48,51-52H,3-7,9,11-13,15,17-33,35,37-41,43,45-46H2,1-2H3,(H,50,53)/b10-8-,16-14-,36-34+,44-42+. The van der Waals surface area contributed by atoms with Gasteiger partial charge in [-0.15, -0.1) is 0 Å². The lowest BCUT2D eigenvalue weighted by Gasteiger charge is -2.19. The van der Waals surface area contributed by atoms with Crippen molar-refractivity contribution >= 4 is 5.91 Å². The Bertz CT molecular complexity index is 847. The van der Waals surface area contributed by atoms with Gasteiger partial charge in [0.15, 0.2) is 0 Å². The van der Waals surface area contributed by atoms with Crippen molar-refractivity contribution < 1.29 is 15.0 Å². The molecule has 1 amide bonds. The molecule has 0 bridgehead atoms. The lowest BCUT2D eigenvalue weighted by molar-refractivity contribution is -0.123. The molecule has 2 unspecified atom stereocenters. The molecule has 0 aromatic rings. The maximum Gasteiger partial charge on any atom is 0.220 e. The number of carbonyl (C=O) groups excluding carboxylic acids is 1. The largest absolute Gasteiger partial charge is 0.394 e. The van der Waals surface area contributed by atoms with Crippen LogP contribution in [0, 0.1) is 0 Å². The summed E-state index contributed by atoms with van der Waals surface area (Å²) in [7, 11) is 0. The Balaban J connectivity index is 3.54. The predicted molar refractivity (Wildman–Crippen MR) is 235 cm³/mol. The molecule has 3 N–H and O–H groups in total. The molecule has 0 aliphatic rings. The minimum atomic E-state index is -0.868. The third kappa shape index (κ3) is 41.4. The lowest BCUT2D eigenvalue weighted by Crippen LogP contribution is -2.45. The van der Waals surface area contributed by atoms with Crippen LogP contribution < -0.4 is 5.32 Å². The van der Waals surface area contributed by atoms with Gasteiger partial charge in [0.2, 0.25) is 5.91 Å². The summed E-state index contributed by atoms with van der Waals surface area (Å²) in [6.07, 6.45) is 61.0. The molecule has 310 valence electrons. The molecule has 4 nitrogen and oxygen atoms in total. The van der Waals surface area contributed by atoms with Crippen LogP contribution in [0.3, 0.4) is 0 Å². The summed E-state index contributed by atoms with van der Waals surface area (Å²) in [6.45, 7) is 4.23. The number of allylic oxidation sites excluding steroid dienone is 7. The van der Waals surface area contributed by atoms with Crippen LogP contribution in [0.4, 0.5) is 0 Å². The molecule has 0 saturated heterocycles. The van der Waals surface area contributed by atoms with Crippen LogP contribution in [0.15, 0.2) is 48.6 Å². The van der Waals surface area contributed by atoms with Crippen molar-refractivity contribution in [1.82, 2.24) is 5.32 Å². The van der Waals surface area contributed by atoms with Gasteiger partial charge in [-0.05, 0) is 57.8 Å². The van der Waals surface area contributed by atoms with Crippen molar-refractivity contribution in [1.29, 1.82) is 0 Å². The first kappa shape index (κ1) is 51.4. The summed E-state index contributed by atoms with van der Waals surface area (Å²) < 4.78 is 0. The van der Waals surface area contributed by atoms with Gasteiger partial charge in [0.05, 0.1) is 18.8 Å². The van der Waals surface area contributed by atoms with E-state index in [1.807, 2.05) is 6.08 Å². The predicted octanol–water partition coefficient (Wildman–Crippen LogP) is 14.7. The Kier molecular flexibility index (Phi) is 43.4. The smallest absolute Gasteiger partial charge is 0.220 e. The summed E-state index contributed by atoms with van der Waals surface area (Å²) in [5.74, 6) is -0.0890. The molecule has 53 heavy (non-hydrogen) atoms. The van der Waals surface area contributed by atoms with Crippen molar-refractivity contribution in [3.63, 3.8) is 0 Å². The fourth-order valence-electron chi connectivity index (χ4n) is 6.94. The van der Waals surface area contributed by atoms with Crippen LogP contribution in [0.5, 0.6) is 0 Å². The van der Waals surface area contributed by atoms with Crippen molar-refractivity contribution in [3.8, 4) is 0 Å². The van der Waals surface area contributed by atoms with Gasteiger partial charge in [0, 0.05) is 6.42 Å². The van der Waals surface area contributed by atoms with E-state index in [0.29, 0.717) is 6.42 Å². The molecule has 0 rings (SSSR count). The number of carbonyl (C=O) groups is 1. The highest BCUT2D eigenvalue weighted by atomic mass is 16.3. The van der Waals surface area contributed by atoms with E-state index in [2.05, 4.69) is 55.6 Å². The lowest BCUT2D eigenvalue weighted by atomic mass is 10.0. The van der Waals surface area contributed by atoms with Crippen LogP contribution in [-0.4, -0.2) is 34.9 Å². The van der Waals surface area contributed by atoms with Crippen molar-refractivity contribution in [2.75, 3.05) is 6.61 Å². The zero-order chi connectivity index (χ0) is 38.6. The topological polar surface area (TPSA) is 69.6 Å². The van der Waals surface area contributed by atoms with Crippen LogP contribution >= 0.6 is 0 Å². The number of nitrogens with one attached hydrogen (secondary N) is 1. The molecule has 0 aliphatic carbocycles. The van der Waals surface area contributed by atoms with Gasteiger partial charge in [-0.2, -0.15) is 0 Å². The van der Waals surface area contributed by atoms with E-state index in [-0.39, 0.29) is 12.5 Å². The number of aliphatic hydroxyl groups is 2. The van der Waals surface area contributed by atoms with Crippen LogP contribution in [0.25, 0.3) is 0 Å². The van der Waals surface area contributed by atoms with Crippen molar-refractivity contribution in [2.45, 2.75) is 251 Å². The number of rotatable bonds is 42. The third-order valence-electron chi connectivity index (χ3n) is 10.5. The molecule has 2 atom stereocenters.